The lowest BCUT2D eigenvalue weighted by molar-refractivity contribution is -0.140. The molecule has 1 aromatic carbocycles. The molecular weight excluding hydrogens is 371 g/mol. The third kappa shape index (κ3) is 8.85. The van der Waals surface area contributed by atoms with E-state index in [0.29, 0.717) is 42.8 Å². The Labute approximate surface area is 171 Å². The van der Waals surface area contributed by atoms with E-state index in [4.69, 9.17) is 6.42 Å². The van der Waals surface area contributed by atoms with E-state index in [1.807, 2.05) is 19.1 Å². The SMILES string of the molecule is C#CC(/C=C/N=C(CCCCC(=O)OC)N(C=O)c1ccc(F)cc1)=C/C=C/C. The largest absolute Gasteiger partial charge is 0.469 e. The number of benzene rings is 1. The smallest absolute Gasteiger partial charge is 0.305 e. The topological polar surface area (TPSA) is 59.0 Å². The first-order chi connectivity index (χ1) is 14.0. The van der Waals surface area contributed by atoms with Crippen molar-refractivity contribution in [3.8, 4) is 12.3 Å². The lowest BCUT2D eigenvalue weighted by Gasteiger charge is -2.19. The summed E-state index contributed by atoms with van der Waals surface area (Å²) in [4.78, 5) is 28.7. The van der Waals surface area contributed by atoms with E-state index < -0.39 is 5.82 Å². The molecule has 0 fully saturated rings. The summed E-state index contributed by atoms with van der Waals surface area (Å²) in [6, 6.07) is 5.53. The normalized spacial score (nSPS) is 12.2. The van der Waals surface area contributed by atoms with Gasteiger partial charge in [0, 0.05) is 30.3 Å². The summed E-state index contributed by atoms with van der Waals surface area (Å²) in [7, 11) is 1.34. The maximum Gasteiger partial charge on any atom is 0.305 e. The van der Waals surface area contributed by atoms with E-state index in [-0.39, 0.29) is 12.4 Å². The zero-order valence-corrected chi connectivity index (χ0v) is 16.7. The van der Waals surface area contributed by atoms with Gasteiger partial charge in [-0.3, -0.25) is 14.5 Å². The van der Waals surface area contributed by atoms with Crippen LogP contribution in [-0.4, -0.2) is 25.3 Å². The molecule has 1 aromatic rings. The molecule has 29 heavy (non-hydrogen) atoms. The first-order valence-electron chi connectivity index (χ1n) is 9.15. The third-order valence-electron chi connectivity index (χ3n) is 3.86. The average Bonchev–Trinajstić information content (AvgIpc) is 2.74. The standard InChI is InChI=1S/C23H25FN2O3/c1-4-6-9-19(5-2)16-17-25-22(10-7-8-11-23(28)29-3)26(18-27)21-14-12-20(24)13-15-21/h2,4,6,9,12-18H,7-8,10-11H2,1,3H3/b6-4+,17-16+,19-9-,25-22?. The Morgan fingerprint density at radius 3 is 2.55 bits per heavy atom. The molecule has 5 nitrogen and oxygen atoms in total. The van der Waals surface area contributed by atoms with Crippen LogP contribution >= 0.6 is 0 Å². The van der Waals surface area contributed by atoms with Crippen LogP contribution < -0.4 is 4.90 Å². The van der Waals surface area contributed by atoms with Crippen molar-refractivity contribution in [3.63, 3.8) is 0 Å². The van der Waals surface area contributed by atoms with Crippen molar-refractivity contribution in [2.24, 2.45) is 4.99 Å². The van der Waals surface area contributed by atoms with Crippen molar-refractivity contribution in [1.29, 1.82) is 0 Å². The number of carbonyl (C=O) groups is 2. The van der Waals surface area contributed by atoms with E-state index in [0.717, 1.165) is 0 Å². The number of carbonyl (C=O) groups excluding carboxylic acids is 2. The lowest BCUT2D eigenvalue weighted by Crippen LogP contribution is -2.29. The van der Waals surface area contributed by atoms with Crippen LogP contribution in [-0.2, 0) is 14.3 Å². The van der Waals surface area contributed by atoms with Gasteiger partial charge in [0.15, 0.2) is 0 Å². The Kier molecular flexibility index (Phi) is 11.1. The zero-order chi connectivity index (χ0) is 21.5. The van der Waals surface area contributed by atoms with E-state index in [2.05, 4.69) is 15.6 Å². The van der Waals surface area contributed by atoms with Crippen molar-refractivity contribution >= 4 is 23.9 Å². The molecule has 1 amide bonds. The number of amides is 1. The summed E-state index contributed by atoms with van der Waals surface area (Å²) >= 11 is 0. The van der Waals surface area contributed by atoms with Crippen LogP contribution in [0.3, 0.4) is 0 Å². The third-order valence-corrected chi connectivity index (χ3v) is 3.86. The van der Waals surface area contributed by atoms with Crippen molar-refractivity contribution in [1.82, 2.24) is 0 Å². The average molecular weight is 396 g/mol. The minimum absolute atomic E-state index is 0.282. The fraction of sp³-hybridized carbons (Fsp3) is 0.261. The highest BCUT2D eigenvalue weighted by molar-refractivity contribution is 6.10. The lowest BCUT2D eigenvalue weighted by atomic mass is 10.1. The van der Waals surface area contributed by atoms with Gasteiger partial charge >= 0.3 is 5.97 Å². The molecule has 0 bridgehead atoms. The molecule has 0 aliphatic rings. The number of ether oxygens (including phenoxy) is 1. The maximum atomic E-state index is 13.2. The number of terminal acetylenes is 1. The first kappa shape index (κ1) is 23.6. The predicted octanol–water partition coefficient (Wildman–Crippen LogP) is 4.57. The molecule has 0 aliphatic heterocycles. The van der Waals surface area contributed by atoms with Gasteiger partial charge < -0.3 is 4.74 Å². The summed E-state index contributed by atoms with van der Waals surface area (Å²) in [5.41, 5.74) is 1.11. The molecule has 0 saturated heterocycles. The number of hydrogen-bond acceptors (Lipinski definition) is 4. The first-order valence-corrected chi connectivity index (χ1v) is 9.15. The number of nitrogens with zero attached hydrogens (tertiary/aromatic N) is 2. The van der Waals surface area contributed by atoms with Crippen molar-refractivity contribution in [2.45, 2.75) is 32.6 Å². The highest BCUT2D eigenvalue weighted by Crippen LogP contribution is 2.17. The number of unbranched alkanes of at least 4 members (excludes halogenated alkanes) is 1. The summed E-state index contributed by atoms with van der Waals surface area (Å²) in [5, 5.41) is 0. The van der Waals surface area contributed by atoms with Gasteiger partial charge in [-0.2, -0.15) is 0 Å². The predicted molar refractivity (Wildman–Crippen MR) is 114 cm³/mol. The van der Waals surface area contributed by atoms with Crippen LogP contribution in [0.4, 0.5) is 10.1 Å². The van der Waals surface area contributed by atoms with Gasteiger partial charge in [-0.1, -0.05) is 18.1 Å². The summed E-state index contributed by atoms with van der Waals surface area (Å²) in [5.74, 6) is 2.31. The Hall–Kier alpha value is -3.46. The Balaban J connectivity index is 3.05. The molecule has 152 valence electrons. The fourth-order valence-electron chi connectivity index (χ4n) is 2.33. The molecule has 6 heteroatoms. The van der Waals surface area contributed by atoms with Gasteiger partial charge in [0.05, 0.1) is 7.11 Å². The molecule has 0 unspecified atom stereocenters. The molecule has 0 N–H and O–H groups in total. The quantitative estimate of drug-likeness (QED) is 0.111. The number of methoxy groups -OCH3 is 1. The maximum absolute atomic E-state index is 13.2. The van der Waals surface area contributed by atoms with Crippen molar-refractivity contribution < 1.29 is 18.7 Å². The van der Waals surface area contributed by atoms with Crippen LogP contribution in [0.25, 0.3) is 0 Å². The second-order valence-corrected chi connectivity index (χ2v) is 5.89. The highest BCUT2D eigenvalue weighted by atomic mass is 19.1. The number of rotatable bonds is 10. The fourth-order valence-corrected chi connectivity index (χ4v) is 2.33. The van der Waals surface area contributed by atoms with Gasteiger partial charge in [-0.25, -0.2) is 9.38 Å². The Morgan fingerprint density at radius 2 is 1.97 bits per heavy atom. The van der Waals surface area contributed by atoms with Crippen molar-refractivity contribution in [2.75, 3.05) is 12.0 Å². The zero-order valence-electron chi connectivity index (χ0n) is 16.7. The summed E-state index contributed by atoms with van der Waals surface area (Å²) in [6.45, 7) is 1.88. The van der Waals surface area contributed by atoms with Crippen molar-refractivity contribution in [3.05, 3.63) is 66.2 Å². The molecule has 0 aromatic heterocycles. The monoisotopic (exact) mass is 396 g/mol. The molecule has 0 saturated carbocycles. The highest BCUT2D eigenvalue weighted by Gasteiger charge is 2.13. The van der Waals surface area contributed by atoms with Crippen LogP contribution in [0, 0.1) is 18.2 Å². The van der Waals surface area contributed by atoms with Crippen LogP contribution in [0.15, 0.2) is 65.3 Å². The van der Waals surface area contributed by atoms with E-state index in [1.165, 1.54) is 42.5 Å². The second kappa shape index (κ2) is 13.7. The molecule has 0 aliphatic carbocycles. The number of amidine groups is 1. The van der Waals surface area contributed by atoms with E-state index in [1.54, 1.807) is 12.2 Å². The minimum atomic E-state index is -0.399. The van der Waals surface area contributed by atoms with Gasteiger partial charge in [0.1, 0.15) is 11.7 Å². The summed E-state index contributed by atoms with van der Waals surface area (Å²) in [6.07, 6.45) is 16.6. The number of anilines is 1. The van der Waals surface area contributed by atoms with Gasteiger partial charge in [-0.15, -0.1) is 6.42 Å². The molecule has 0 radical (unpaired) electrons. The van der Waals surface area contributed by atoms with Crippen LogP contribution in [0.2, 0.25) is 0 Å². The minimum Gasteiger partial charge on any atom is -0.469 e. The summed E-state index contributed by atoms with van der Waals surface area (Å²) < 4.78 is 17.9. The van der Waals surface area contributed by atoms with Crippen LogP contribution in [0.5, 0.6) is 0 Å². The number of hydrogen-bond donors (Lipinski definition) is 0. The van der Waals surface area contributed by atoms with E-state index >= 15 is 0 Å². The molecule has 0 heterocycles. The number of halogens is 1. The second-order valence-electron chi connectivity index (χ2n) is 5.89. The van der Waals surface area contributed by atoms with Gasteiger partial charge in [0.2, 0.25) is 6.41 Å². The van der Waals surface area contributed by atoms with Gasteiger partial charge in [-0.05, 0) is 56.2 Å². The Morgan fingerprint density at radius 1 is 1.28 bits per heavy atom. The number of allylic oxidation sites excluding steroid dienone is 5. The number of aliphatic imine (C=N–C) groups is 1. The van der Waals surface area contributed by atoms with E-state index in [9.17, 15) is 14.0 Å². The molecule has 0 atom stereocenters. The molecule has 1 rings (SSSR count). The molecular formula is C23H25FN2O3. The molecule has 0 spiro atoms. The Bertz CT molecular complexity index is 831. The van der Waals surface area contributed by atoms with Gasteiger partial charge in [0.25, 0.3) is 0 Å². The number of esters is 1. The van der Waals surface area contributed by atoms with Crippen LogP contribution in [0.1, 0.15) is 32.6 Å².